The summed E-state index contributed by atoms with van der Waals surface area (Å²) in [7, 11) is 1.83. The van der Waals surface area contributed by atoms with Crippen LogP contribution in [0.1, 0.15) is 43.9 Å². The monoisotopic (exact) mass is 460 g/mol. The Kier molecular flexibility index (Phi) is 6.63. The standard InChI is InChI=1S/C27H32N4O3/c1-18(15-28)5-6-19(2)29-26(33)30(4)25-24-13-21-7-8-22(32)14-23(21)27(25,3)10-11-31(24)16-20-9-12-34-17-20/h5-9,12,14,17-18,24-25,32H,10-11,13,16H2,1-4H3/b6-5-,29-19?. The first-order valence-corrected chi connectivity index (χ1v) is 11.7. The maximum atomic E-state index is 13.3. The van der Waals surface area contributed by atoms with Crippen molar-refractivity contribution >= 4 is 11.7 Å². The number of aliphatic imine (C=N–C) groups is 1. The number of rotatable bonds is 5. The number of piperidine rings is 1. The number of fused-ring (bicyclic) bond motifs is 4. The number of phenols is 1. The molecule has 7 nitrogen and oxygen atoms in total. The molecular formula is C27H32N4O3. The van der Waals surface area contributed by atoms with E-state index in [0.29, 0.717) is 5.71 Å². The van der Waals surface area contributed by atoms with Crippen LogP contribution in [-0.4, -0.2) is 52.3 Å². The summed E-state index contributed by atoms with van der Waals surface area (Å²) in [5.41, 5.74) is 3.69. The fourth-order valence-electron chi connectivity index (χ4n) is 5.56. The maximum absolute atomic E-state index is 13.3. The topological polar surface area (TPSA) is 93.1 Å². The van der Waals surface area contributed by atoms with Crippen LogP contribution in [0.3, 0.4) is 0 Å². The van der Waals surface area contributed by atoms with Gasteiger partial charge < -0.3 is 14.4 Å². The van der Waals surface area contributed by atoms with Gasteiger partial charge in [-0.05, 0) is 68.6 Å². The van der Waals surface area contributed by atoms with Gasteiger partial charge in [-0.2, -0.15) is 10.3 Å². The van der Waals surface area contributed by atoms with Crippen molar-refractivity contribution in [3.63, 3.8) is 0 Å². The number of likely N-dealkylation sites (tertiary alicyclic amines) is 1. The lowest BCUT2D eigenvalue weighted by molar-refractivity contribution is 0.00168. The Balaban J connectivity index is 1.68. The number of hydrogen-bond acceptors (Lipinski definition) is 5. The van der Waals surface area contributed by atoms with E-state index in [1.54, 1.807) is 49.5 Å². The van der Waals surface area contributed by atoms with Crippen LogP contribution in [0.5, 0.6) is 5.75 Å². The number of benzene rings is 1. The molecule has 1 aliphatic carbocycles. The van der Waals surface area contributed by atoms with Gasteiger partial charge in [-0.1, -0.05) is 19.1 Å². The fourth-order valence-corrected chi connectivity index (χ4v) is 5.56. The molecule has 0 spiro atoms. The van der Waals surface area contributed by atoms with Crippen LogP contribution in [0.15, 0.2) is 58.4 Å². The highest BCUT2D eigenvalue weighted by Crippen LogP contribution is 2.48. The Labute approximate surface area is 201 Å². The normalized spacial score (nSPS) is 25.6. The highest BCUT2D eigenvalue weighted by Gasteiger charge is 2.53. The number of urea groups is 1. The third kappa shape index (κ3) is 4.51. The zero-order chi connectivity index (χ0) is 24.5. The van der Waals surface area contributed by atoms with E-state index in [1.807, 2.05) is 25.2 Å². The summed E-state index contributed by atoms with van der Waals surface area (Å²) in [5.74, 6) is 0.00727. The number of carbonyl (C=O) groups excluding carboxylic acids is 1. The Bertz CT molecular complexity index is 1150. The fraction of sp³-hybridized carbons (Fsp3) is 0.444. The highest BCUT2D eigenvalue weighted by molar-refractivity contribution is 6.00. The molecule has 34 heavy (non-hydrogen) atoms. The average molecular weight is 461 g/mol. The number of aromatic hydroxyl groups is 1. The van der Waals surface area contributed by atoms with Crippen molar-refractivity contribution in [2.24, 2.45) is 10.9 Å². The van der Waals surface area contributed by atoms with Gasteiger partial charge in [-0.3, -0.25) is 4.90 Å². The first kappa shape index (κ1) is 23.8. The molecular weight excluding hydrogens is 428 g/mol. The van der Waals surface area contributed by atoms with E-state index in [4.69, 9.17) is 9.68 Å². The minimum Gasteiger partial charge on any atom is -0.508 e. The van der Waals surface area contributed by atoms with Gasteiger partial charge in [0.1, 0.15) is 5.75 Å². The number of carbonyl (C=O) groups is 1. The molecule has 1 fully saturated rings. The molecule has 0 saturated carbocycles. The molecule has 2 aromatic rings. The van der Waals surface area contributed by atoms with Crippen LogP contribution in [-0.2, 0) is 18.4 Å². The number of hydrogen-bond donors (Lipinski definition) is 1. The minimum absolute atomic E-state index is 0.101. The number of amides is 2. The lowest BCUT2D eigenvalue weighted by Gasteiger charge is -2.57. The largest absolute Gasteiger partial charge is 0.508 e. The molecule has 2 aliphatic rings. The SMILES string of the molecule is CC(/C=C\C(C)C#N)=NC(=O)N(C)C1C2Cc3ccc(O)cc3C1(C)CCN2Cc1ccoc1. The minimum atomic E-state index is -0.317. The summed E-state index contributed by atoms with van der Waals surface area (Å²) in [6, 6.07) is 9.43. The van der Waals surface area contributed by atoms with Crippen molar-refractivity contribution in [3.05, 3.63) is 65.6 Å². The number of furan rings is 1. The Hall–Kier alpha value is -3.37. The van der Waals surface area contributed by atoms with E-state index in [1.165, 1.54) is 5.56 Å². The van der Waals surface area contributed by atoms with Gasteiger partial charge in [0.15, 0.2) is 0 Å². The number of nitrogens with zero attached hydrogens (tertiary/aromatic N) is 4. The van der Waals surface area contributed by atoms with E-state index >= 15 is 0 Å². The third-order valence-electron chi connectivity index (χ3n) is 7.33. The van der Waals surface area contributed by atoms with Gasteiger partial charge in [0.25, 0.3) is 0 Å². The molecule has 0 radical (unpaired) electrons. The van der Waals surface area contributed by atoms with Gasteiger partial charge in [0, 0.05) is 36.3 Å². The third-order valence-corrected chi connectivity index (χ3v) is 7.33. The molecule has 4 rings (SSSR count). The molecule has 2 bridgehead atoms. The van der Waals surface area contributed by atoms with Crippen molar-refractivity contribution in [2.75, 3.05) is 13.6 Å². The number of nitriles is 1. The predicted octanol–water partition coefficient (Wildman–Crippen LogP) is 4.67. The zero-order valence-electron chi connectivity index (χ0n) is 20.2. The molecule has 1 saturated heterocycles. The smallest absolute Gasteiger partial charge is 0.343 e. The van der Waals surface area contributed by atoms with Gasteiger partial charge in [-0.25, -0.2) is 4.79 Å². The van der Waals surface area contributed by atoms with Crippen LogP contribution in [0.2, 0.25) is 0 Å². The quantitative estimate of drug-likeness (QED) is 0.655. The van der Waals surface area contributed by atoms with Crippen LogP contribution in [0, 0.1) is 17.2 Å². The summed E-state index contributed by atoms with van der Waals surface area (Å²) in [4.78, 5) is 21.8. The second kappa shape index (κ2) is 9.47. The molecule has 7 heteroatoms. The second-order valence-electron chi connectivity index (χ2n) is 9.75. The van der Waals surface area contributed by atoms with Gasteiger partial charge in [-0.15, -0.1) is 0 Å². The Morgan fingerprint density at radius 2 is 2.26 bits per heavy atom. The average Bonchev–Trinajstić information content (AvgIpc) is 3.32. The predicted molar refractivity (Wildman–Crippen MR) is 131 cm³/mol. The lowest BCUT2D eigenvalue weighted by atomic mass is 9.61. The van der Waals surface area contributed by atoms with Crippen molar-refractivity contribution in [1.82, 2.24) is 9.80 Å². The van der Waals surface area contributed by atoms with Gasteiger partial charge in [0.05, 0.1) is 30.6 Å². The lowest BCUT2D eigenvalue weighted by Crippen LogP contribution is -2.67. The highest BCUT2D eigenvalue weighted by atomic mass is 16.3. The molecule has 178 valence electrons. The van der Waals surface area contributed by atoms with Crippen LogP contribution in [0.4, 0.5) is 4.79 Å². The first-order chi connectivity index (χ1) is 16.2. The molecule has 1 aromatic heterocycles. The first-order valence-electron chi connectivity index (χ1n) is 11.7. The molecule has 2 amide bonds. The van der Waals surface area contributed by atoms with Crippen LogP contribution >= 0.6 is 0 Å². The van der Waals surface area contributed by atoms with Crippen molar-refractivity contribution in [2.45, 2.75) is 57.7 Å². The van der Waals surface area contributed by atoms with E-state index in [0.717, 1.165) is 37.1 Å². The Morgan fingerprint density at radius 1 is 1.47 bits per heavy atom. The number of allylic oxidation sites excluding steroid dienone is 2. The molecule has 2 heterocycles. The van der Waals surface area contributed by atoms with Gasteiger partial charge >= 0.3 is 6.03 Å². The molecule has 1 aliphatic heterocycles. The van der Waals surface area contributed by atoms with Crippen molar-refractivity contribution in [3.8, 4) is 11.8 Å². The summed E-state index contributed by atoms with van der Waals surface area (Å²) < 4.78 is 5.29. The molecule has 1 aromatic carbocycles. The van der Waals surface area contributed by atoms with Gasteiger partial charge in [0.2, 0.25) is 0 Å². The molecule has 1 N–H and O–H groups in total. The summed E-state index contributed by atoms with van der Waals surface area (Å²) in [5, 5.41) is 19.2. The van der Waals surface area contributed by atoms with Crippen molar-refractivity contribution < 1.29 is 14.3 Å². The molecule has 4 atom stereocenters. The van der Waals surface area contributed by atoms with Crippen molar-refractivity contribution in [1.29, 1.82) is 5.26 Å². The number of likely N-dealkylation sites (N-methyl/N-ethyl adjacent to an activating group) is 1. The second-order valence-corrected chi connectivity index (χ2v) is 9.75. The van der Waals surface area contributed by atoms with E-state index in [2.05, 4.69) is 22.9 Å². The van der Waals surface area contributed by atoms with Crippen LogP contribution < -0.4 is 0 Å². The van der Waals surface area contributed by atoms with Crippen LogP contribution in [0.25, 0.3) is 0 Å². The molecule has 4 unspecified atom stereocenters. The Morgan fingerprint density at radius 3 is 2.97 bits per heavy atom. The van der Waals surface area contributed by atoms with E-state index in [9.17, 15) is 9.90 Å². The summed E-state index contributed by atoms with van der Waals surface area (Å²) in [6.45, 7) is 7.40. The zero-order valence-corrected chi connectivity index (χ0v) is 20.2. The maximum Gasteiger partial charge on any atom is 0.343 e. The summed E-state index contributed by atoms with van der Waals surface area (Å²) >= 11 is 0. The number of phenolic OH excluding ortho intramolecular Hbond substituents is 1. The van der Waals surface area contributed by atoms with E-state index < -0.39 is 0 Å². The van der Waals surface area contributed by atoms with E-state index in [-0.39, 0.29) is 35.2 Å². The summed E-state index contributed by atoms with van der Waals surface area (Å²) in [6.07, 6.45) is 8.56.